The van der Waals surface area contributed by atoms with Gasteiger partial charge in [0.2, 0.25) is 0 Å². The zero-order valence-electron chi connectivity index (χ0n) is 9.89. The van der Waals surface area contributed by atoms with Gasteiger partial charge >= 0.3 is 6.18 Å². The second-order valence-electron chi connectivity index (χ2n) is 3.56. The third-order valence-corrected chi connectivity index (χ3v) is 2.75. The van der Waals surface area contributed by atoms with E-state index in [1.807, 2.05) is 0 Å². The molecule has 0 heterocycles. The predicted molar refractivity (Wildman–Crippen MR) is 66.4 cm³/mol. The lowest BCUT2D eigenvalue weighted by atomic mass is 10.2. The van der Waals surface area contributed by atoms with Crippen LogP contribution in [0.5, 0.6) is 11.5 Å². The zero-order chi connectivity index (χ0) is 13.6. The van der Waals surface area contributed by atoms with E-state index in [4.69, 9.17) is 9.47 Å². The Bertz CT molecular complexity index is 380. The van der Waals surface area contributed by atoms with Gasteiger partial charge in [-0.25, -0.2) is 0 Å². The Labute approximate surface area is 112 Å². The molecule has 1 aromatic rings. The smallest absolute Gasteiger partial charge is 0.392 e. The standard InChI is InChI=1S/C12H14BrF3O2/c1-2-17-11-7-9(8-13)3-4-10(11)18-6-5-12(14,15)16/h3-4,7H,2,5-6,8H2,1H3. The fraction of sp³-hybridized carbons (Fsp3) is 0.500. The van der Waals surface area contributed by atoms with Crippen molar-refractivity contribution in [2.24, 2.45) is 0 Å². The highest BCUT2D eigenvalue weighted by atomic mass is 79.9. The normalized spacial score (nSPS) is 11.4. The summed E-state index contributed by atoms with van der Waals surface area (Å²) in [4.78, 5) is 0. The lowest BCUT2D eigenvalue weighted by Gasteiger charge is -2.13. The van der Waals surface area contributed by atoms with Gasteiger partial charge in [-0.3, -0.25) is 0 Å². The van der Waals surface area contributed by atoms with Crippen molar-refractivity contribution in [3.63, 3.8) is 0 Å². The van der Waals surface area contributed by atoms with Gasteiger partial charge in [0, 0.05) is 5.33 Å². The fourth-order valence-electron chi connectivity index (χ4n) is 1.30. The van der Waals surface area contributed by atoms with E-state index in [0.717, 1.165) is 5.56 Å². The van der Waals surface area contributed by atoms with E-state index < -0.39 is 19.2 Å². The number of alkyl halides is 4. The number of hydrogen-bond donors (Lipinski definition) is 0. The molecule has 0 amide bonds. The highest BCUT2D eigenvalue weighted by Crippen LogP contribution is 2.30. The van der Waals surface area contributed by atoms with Crippen LogP contribution in [0, 0.1) is 0 Å². The van der Waals surface area contributed by atoms with Crippen molar-refractivity contribution < 1.29 is 22.6 Å². The van der Waals surface area contributed by atoms with Crippen LogP contribution in [0.4, 0.5) is 13.2 Å². The topological polar surface area (TPSA) is 18.5 Å². The van der Waals surface area contributed by atoms with Gasteiger partial charge in [0.1, 0.15) is 0 Å². The Morgan fingerprint density at radius 3 is 2.44 bits per heavy atom. The predicted octanol–water partition coefficient (Wildman–Crippen LogP) is 4.31. The van der Waals surface area contributed by atoms with Crippen molar-refractivity contribution in [2.75, 3.05) is 13.2 Å². The number of benzene rings is 1. The van der Waals surface area contributed by atoms with Gasteiger partial charge in [-0.05, 0) is 24.6 Å². The molecular weight excluding hydrogens is 313 g/mol. The summed E-state index contributed by atoms with van der Waals surface area (Å²) in [5.74, 6) is 0.808. The average Bonchev–Trinajstić information content (AvgIpc) is 2.29. The maximum atomic E-state index is 12.0. The van der Waals surface area contributed by atoms with Gasteiger partial charge in [0.15, 0.2) is 11.5 Å². The maximum Gasteiger partial charge on any atom is 0.392 e. The van der Waals surface area contributed by atoms with Gasteiger partial charge in [0.25, 0.3) is 0 Å². The maximum absolute atomic E-state index is 12.0. The number of ether oxygens (including phenoxy) is 2. The molecule has 0 saturated carbocycles. The number of halogens is 4. The molecule has 0 N–H and O–H groups in total. The van der Waals surface area contributed by atoms with Crippen molar-refractivity contribution in [1.82, 2.24) is 0 Å². The van der Waals surface area contributed by atoms with Crippen LogP contribution in [-0.4, -0.2) is 19.4 Å². The lowest BCUT2D eigenvalue weighted by Crippen LogP contribution is -2.13. The molecule has 0 aromatic heterocycles. The summed E-state index contributed by atoms with van der Waals surface area (Å²) in [5.41, 5.74) is 0.974. The highest BCUT2D eigenvalue weighted by Gasteiger charge is 2.27. The van der Waals surface area contributed by atoms with Gasteiger partial charge in [-0.1, -0.05) is 22.0 Å². The minimum absolute atomic E-state index is 0.339. The van der Waals surface area contributed by atoms with Gasteiger partial charge in [-0.2, -0.15) is 13.2 Å². The molecule has 2 nitrogen and oxygen atoms in total. The van der Waals surface area contributed by atoms with Gasteiger partial charge in [0.05, 0.1) is 19.6 Å². The molecule has 6 heteroatoms. The molecule has 0 spiro atoms. The van der Waals surface area contributed by atoms with Crippen LogP contribution in [0.1, 0.15) is 18.9 Å². The van der Waals surface area contributed by atoms with Gasteiger partial charge in [-0.15, -0.1) is 0 Å². The molecule has 0 fully saturated rings. The van der Waals surface area contributed by atoms with Crippen molar-refractivity contribution in [1.29, 1.82) is 0 Å². The van der Waals surface area contributed by atoms with E-state index in [1.165, 1.54) is 0 Å². The summed E-state index contributed by atoms with van der Waals surface area (Å²) in [6.45, 7) is 1.83. The summed E-state index contributed by atoms with van der Waals surface area (Å²) < 4.78 is 46.5. The molecule has 0 atom stereocenters. The van der Waals surface area contributed by atoms with E-state index >= 15 is 0 Å². The molecule has 102 valence electrons. The fourth-order valence-corrected chi connectivity index (χ4v) is 1.65. The molecule has 0 saturated heterocycles. The molecule has 0 bridgehead atoms. The molecule has 18 heavy (non-hydrogen) atoms. The Morgan fingerprint density at radius 2 is 1.89 bits per heavy atom. The van der Waals surface area contributed by atoms with Crippen LogP contribution in [-0.2, 0) is 5.33 Å². The summed E-state index contributed by atoms with van der Waals surface area (Å²) in [6.07, 6.45) is -5.18. The number of rotatable bonds is 6. The van der Waals surface area contributed by atoms with E-state index in [0.29, 0.717) is 23.4 Å². The quantitative estimate of drug-likeness (QED) is 0.725. The Balaban J connectivity index is 2.68. The second kappa shape index (κ2) is 6.87. The minimum atomic E-state index is -4.21. The van der Waals surface area contributed by atoms with Crippen molar-refractivity contribution in [2.45, 2.75) is 24.9 Å². The van der Waals surface area contributed by atoms with E-state index in [-0.39, 0.29) is 0 Å². The van der Waals surface area contributed by atoms with Crippen molar-refractivity contribution >= 4 is 15.9 Å². The van der Waals surface area contributed by atoms with Crippen molar-refractivity contribution in [3.05, 3.63) is 23.8 Å². The van der Waals surface area contributed by atoms with Crippen LogP contribution in [0.3, 0.4) is 0 Å². The third kappa shape index (κ3) is 5.16. The monoisotopic (exact) mass is 326 g/mol. The SMILES string of the molecule is CCOc1cc(CBr)ccc1OCCC(F)(F)F. The van der Waals surface area contributed by atoms with E-state index in [2.05, 4.69) is 15.9 Å². The molecule has 0 radical (unpaired) electrons. The summed E-state index contributed by atoms with van der Waals surface area (Å²) in [6, 6.07) is 5.15. The molecule has 0 unspecified atom stereocenters. The van der Waals surface area contributed by atoms with Crippen LogP contribution in [0.25, 0.3) is 0 Å². The van der Waals surface area contributed by atoms with Crippen molar-refractivity contribution in [3.8, 4) is 11.5 Å². The third-order valence-electron chi connectivity index (χ3n) is 2.11. The summed E-state index contributed by atoms with van der Waals surface area (Å²) in [7, 11) is 0. The first kappa shape index (κ1) is 15.1. The van der Waals surface area contributed by atoms with E-state index in [1.54, 1.807) is 25.1 Å². The molecule has 0 aliphatic carbocycles. The molecular formula is C12H14BrF3O2. The Hall–Kier alpha value is -0.910. The summed E-state index contributed by atoms with van der Waals surface area (Å²) >= 11 is 3.30. The number of hydrogen-bond acceptors (Lipinski definition) is 2. The lowest BCUT2D eigenvalue weighted by molar-refractivity contribution is -0.139. The largest absolute Gasteiger partial charge is 0.490 e. The minimum Gasteiger partial charge on any atom is -0.490 e. The highest BCUT2D eigenvalue weighted by molar-refractivity contribution is 9.08. The van der Waals surface area contributed by atoms with Gasteiger partial charge < -0.3 is 9.47 Å². The first-order valence-corrected chi connectivity index (χ1v) is 6.59. The first-order chi connectivity index (χ1) is 8.46. The van der Waals surface area contributed by atoms with Crippen LogP contribution < -0.4 is 9.47 Å². The first-order valence-electron chi connectivity index (χ1n) is 5.47. The zero-order valence-corrected chi connectivity index (χ0v) is 11.5. The Morgan fingerprint density at radius 1 is 1.17 bits per heavy atom. The molecule has 1 aromatic carbocycles. The molecule has 1 rings (SSSR count). The van der Waals surface area contributed by atoms with Crippen LogP contribution in [0.2, 0.25) is 0 Å². The second-order valence-corrected chi connectivity index (χ2v) is 4.12. The average molecular weight is 327 g/mol. The molecule has 0 aliphatic heterocycles. The van der Waals surface area contributed by atoms with E-state index in [9.17, 15) is 13.2 Å². The Kier molecular flexibility index (Phi) is 5.78. The molecule has 0 aliphatic rings. The summed E-state index contributed by atoms with van der Waals surface area (Å²) in [5, 5.41) is 0.649. The van der Waals surface area contributed by atoms with Crippen LogP contribution >= 0.6 is 15.9 Å². The van der Waals surface area contributed by atoms with Crippen LogP contribution in [0.15, 0.2) is 18.2 Å².